The van der Waals surface area contributed by atoms with E-state index in [1.54, 1.807) is 6.07 Å². The summed E-state index contributed by atoms with van der Waals surface area (Å²) < 4.78 is 1.49. The van der Waals surface area contributed by atoms with Gasteiger partial charge in [-0.2, -0.15) is 0 Å². The minimum Gasteiger partial charge on any atom is -0.508 e. The maximum atomic E-state index is 9.95. The molecular formula is C14H11N3O2S. The second-order valence-electron chi connectivity index (χ2n) is 4.21. The van der Waals surface area contributed by atoms with Gasteiger partial charge < -0.3 is 10.2 Å². The number of hydrogen-bond donors (Lipinski definition) is 3. The van der Waals surface area contributed by atoms with Crippen LogP contribution in [-0.4, -0.2) is 25.2 Å². The highest BCUT2D eigenvalue weighted by Gasteiger charge is 2.16. The molecule has 20 heavy (non-hydrogen) atoms. The van der Waals surface area contributed by atoms with E-state index in [-0.39, 0.29) is 11.5 Å². The Kier molecular flexibility index (Phi) is 3.08. The molecule has 0 spiro atoms. The van der Waals surface area contributed by atoms with E-state index in [9.17, 15) is 10.2 Å². The quantitative estimate of drug-likeness (QED) is 0.633. The van der Waals surface area contributed by atoms with Gasteiger partial charge in [0.2, 0.25) is 0 Å². The van der Waals surface area contributed by atoms with Crippen LogP contribution in [0.5, 0.6) is 11.5 Å². The Morgan fingerprint density at radius 1 is 1.00 bits per heavy atom. The van der Waals surface area contributed by atoms with Crippen LogP contribution < -0.4 is 0 Å². The zero-order chi connectivity index (χ0) is 14.1. The van der Waals surface area contributed by atoms with Crippen molar-refractivity contribution in [1.29, 1.82) is 0 Å². The standard InChI is InChI=1S/C14H11N3O2S/c18-10-6-7-11(12(19)8-10)17-13(14(20)15-16-17)9-4-2-1-3-5-9/h1-8,18-20H. The maximum Gasteiger partial charge on any atom is 0.145 e. The third kappa shape index (κ3) is 2.10. The Morgan fingerprint density at radius 3 is 2.45 bits per heavy atom. The molecule has 0 aliphatic heterocycles. The van der Waals surface area contributed by atoms with Crippen LogP contribution in [0, 0.1) is 0 Å². The highest BCUT2D eigenvalue weighted by Crippen LogP contribution is 2.32. The number of rotatable bonds is 2. The molecule has 0 bridgehead atoms. The van der Waals surface area contributed by atoms with Crippen LogP contribution in [0.15, 0.2) is 53.6 Å². The summed E-state index contributed by atoms with van der Waals surface area (Å²) in [4.78, 5) is 0. The summed E-state index contributed by atoms with van der Waals surface area (Å²) in [6, 6.07) is 13.8. The van der Waals surface area contributed by atoms with E-state index in [1.807, 2.05) is 30.3 Å². The SMILES string of the molecule is Oc1ccc(-n2nnc(S)c2-c2ccccc2)c(O)c1. The first kappa shape index (κ1) is 12.6. The number of aromatic hydroxyl groups is 2. The fourth-order valence-corrected chi connectivity index (χ4v) is 2.24. The van der Waals surface area contributed by atoms with Crippen LogP contribution in [0.1, 0.15) is 0 Å². The predicted octanol–water partition coefficient (Wildman–Crippen LogP) is 2.63. The Balaban J connectivity index is 2.21. The number of thiol groups is 1. The van der Waals surface area contributed by atoms with Crippen molar-refractivity contribution >= 4 is 12.6 Å². The molecule has 1 heterocycles. The topological polar surface area (TPSA) is 71.2 Å². The third-order valence-electron chi connectivity index (χ3n) is 2.89. The van der Waals surface area contributed by atoms with Crippen molar-refractivity contribution in [1.82, 2.24) is 15.0 Å². The summed E-state index contributed by atoms with van der Waals surface area (Å²) in [7, 11) is 0. The van der Waals surface area contributed by atoms with Gasteiger partial charge in [0.15, 0.2) is 0 Å². The normalized spacial score (nSPS) is 10.7. The minimum absolute atomic E-state index is 0.0151. The van der Waals surface area contributed by atoms with Crippen LogP contribution in [-0.2, 0) is 0 Å². The number of phenolic OH excluding ortho intramolecular Hbond substituents is 2. The lowest BCUT2D eigenvalue weighted by Gasteiger charge is -2.09. The molecular weight excluding hydrogens is 274 g/mol. The summed E-state index contributed by atoms with van der Waals surface area (Å²) in [5, 5.41) is 27.7. The van der Waals surface area contributed by atoms with E-state index in [0.717, 1.165) is 5.56 Å². The molecule has 6 heteroatoms. The fourth-order valence-electron chi connectivity index (χ4n) is 1.98. The zero-order valence-electron chi connectivity index (χ0n) is 10.3. The molecule has 0 saturated carbocycles. The van der Waals surface area contributed by atoms with Crippen molar-refractivity contribution < 1.29 is 10.2 Å². The second-order valence-corrected chi connectivity index (χ2v) is 4.64. The molecule has 5 nitrogen and oxygen atoms in total. The highest BCUT2D eigenvalue weighted by molar-refractivity contribution is 7.80. The summed E-state index contributed by atoms with van der Waals surface area (Å²) in [5.41, 5.74) is 1.99. The molecule has 1 aromatic heterocycles. The van der Waals surface area contributed by atoms with E-state index >= 15 is 0 Å². The van der Waals surface area contributed by atoms with Crippen molar-refractivity contribution in [2.75, 3.05) is 0 Å². The van der Waals surface area contributed by atoms with Crippen molar-refractivity contribution in [3.05, 3.63) is 48.5 Å². The van der Waals surface area contributed by atoms with E-state index in [2.05, 4.69) is 22.9 Å². The predicted molar refractivity (Wildman–Crippen MR) is 77.4 cm³/mol. The average Bonchev–Trinajstić information content (AvgIpc) is 2.81. The molecule has 2 aromatic carbocycles. The Morgan fingerprint density at radius 2 is 1.75 bits per heavy atom. The van der Waals surface area contributed by atoms with Crippen LogP contribution >= 0.6 is 12.6 Å². The first-order valence-electron chi connectivity index (χ1n) is 5.89. The van der Waals surface area contributed by atoms with Gasteiger partial charge in [0.1, 0.15) is 27.9 Å². The number of phenols is 2. The van der Waals surface area contributed by atoms with Gasteiger partial charge in [-0.05, 0) is 12.1 Å². The van der Waals surface area contributed by atoms with Gasteiger partial charge in [-0.3, -0.25) is 0 Å². The smallest absolute Gasteiger partial charge is 0.145 e. The van der Waals surface area contributed by atoms with E-state index in [0.29, 0.717) is 16.4 Å². The Labute approximate surface area is 120 Å². The molecule has 0 aliphatic rings. The molecule has 3 rings (SSSR count). The number of hydrogen-bond acceptors (Lipinski definition) is 5. The van der Waals surface area contributed by atoms with Gasteiger partial charge in [0.25, 0.3) is 0 Å². The van der Waals surface area contributed by atoms with E-state index in [1.165, 1.54) is 16.8 Å². The number of benzene rings is 2. The number of nitrogens with zero attached hydrogens (tertiary/aromatic N) is 3. The molecule has 100 valence electrons. The molecule has 2 N–H and O–H groups in total. The first-order valence-corrected chi connectivity index (χ1v) is 6.34. The van der Waals surface area contributed by atoms with Gasteiger partial charge in [0.05, 0.1) is 0 Å². The Hall–Kier alpha value is -2.47. The molecule has 0 amide bonds. The zero-order valence-corrected chi connectivity index (χ0v) is 11.2. The van der Waals surface area contributed by atoms with E-state index in [4.69, 9.17) is 0 Å². The summed E-state index contributed by atoms with van der Waals surface area (Å²) in [6.45, 7) is 0. The lowest BCUT2D eigenvalue weighted by atomic mass is 10.1. The summed E-state index contributed by atoms with van der Waals surface area (Å²) >= 11 is 4.31. The lowest BCUT2D eigenvalue weighted by Crippen LogP contribution is -1.99. The average molecular weight is 285 g/mol. The monoisotopic (exact) mass is 285 g/mol. The lowest BCUT2D eigenvalue weighted by molar-refractivity contribution is 0.447. The molecule has 0 radical (unpaired) electrons. The van der Waals surface area contributed by atoms with E-state index < -0.39 is 0 Å². The molecule has 0 atom stereocenters. The van der Waals surface area contributed by atoms with Crippen molar-refractivity contribution in [3.63, 3.8) is 0 Å². The third-order valence-corrected chi connectivity index (χ3v) is 3.19. The summed E-state index contributed by atoms with van der Waals surface area (Å²) in [6.07, 6.45) is 0. The van der Waals surface area contributed by atoms with Crippen molar-refractivity contribution in [3.8, 4) is 28.4 Å². The minimum atomic E-state index is -0.0829. The highest BCUT2D eigenvalue weighted by atomic mass is 32.1. The van der Waals surface area contributed by atoms with Crippen molar-refractivity contribution in [2.45, 2.75) is 5.03 Å². The van der Waals surface area contributed by atoms with Gasteiger partial charge in [-0.15, -0.1) is 17.7 Å². The Bertz CT molecular complexity index is 756. The first-order chi connectivity index (χ1) is 9.66. The van der Waals surface area contributed by atoms with Crippen LogP contribution in [0.4, 0.5) is 0 Å². The fraction of sp³-hybridized carbons (Fsp3) is 0. The van der Waals surface area contributed by atoms with Crippen LogP contribution in [0.25, 0.3) is 16.9 Å². The van der Waals surface area contributed by atoms with Gasteiger partial charge in [-0.25, -0.2) is 4.68 Å². The van der Waals surface area contributed by atoms with Crippen molar-refractivity contribution in [2.24, 2.45) is 0 Å². The number of aromatic nitrogens is 3. The molecule has 0 aliphatic carbocycles. The van der Waals surface area contributed by atoms with Gasteiger partial charge >= 0.3 is 0 Å². The van der Waals surface area contributed by atoms with Crippen LogP contribution in [0.2, 0.25) is 0 Å². The van der Waals surface area contributed by atoms with Gasteiger partial charge in [-0.1, -0.05) is 35.5 Å². The second kappa shape index (κ2) is 4.90. The maximum absolute atomic E-state index is 9.95. The summed E-state index contributed by atoms with van der Waals surface area (Å²) in [5.74, 6) is -0.0980. The molecule has 0 saturated heterocycles. The molecule has 0 fully saturated rings. The molecule has 0 unspecified atom stereocenters. The molecule has 3 aromatic rings. The van der Waals surface area contributed by atoms with Crippen LogP contribution in [0.3, 0.4) is 0 Å². The largest absolute Gasteiger partial charge is 0.508 e. The van der Waals surface area contributed by atoms with Gasteiger partial charge in [0, 0.05) is 11.6 Å².